The van der Waals surface area contributed by atoms with Crippen LogP contribution in [-0.4, -0.2) is 40.0 Å². The molecule has 20 heavy (non-hydrogen) atoms. The van der Waals surface area contributed by atoms with E-state index >= 15 is 0 Å². The highest BCUT2D eigenvalue weighted by molar-refractivity contribution is 7.16. The molecule has 1 fully saturated rings. The first-order valence-electron chi connectivity index (χ1n) is 6.58. The second kappa shape index (κ2) is 6.06. The average molecular weight is 289 g/mol. The van der Waals surface area contributed by atoms with Crippen LogP contribution in [-0.2, 0) is 0 Å². The van der Waals surface area contributed by atoms with Crippen LogP contribution < -0.4 is 10.6 Å². The predicted molar refractivity (Wildman–Crippen MR) is 76.5 cm³/mol. The van der Waals surface area contributed by atoms with E-state index in [1.807, 2.05) is 0 Å². The molecule has 1 unspecified atom stereocenters. The molecule has 3 heterocycles. The lowest BCUT2D eigenvalue weighted by Crippen LogP contribution is -2.36. The van der Waals surface area contributed by atoms with Crippen LogP contribution in [0.3, 0.4) is 0 Å². The summed E-state index contributed by atoms with van der Waals surface area (Å²) in [5.74, 6) is 0.465. The van der Waals surface area contributed by atoms with Crippen molar-refractivity contribution in [3.8, 4) is 10.8 Å². The van der Waals surface area contributed by atoms with Gasteiger partial charge in [0, 0.05) is 25.0 Å². The minimum absolute atomic E-state index is 0.0848. The Balaban J connectivity index is 1.62. The van der Waals surface area contributed by atoms with E-state index in [-0.39, 0.29) is 5.91 Å². The number of nitrogens with zero attached hydrogens (tertiary/aromatic N) is 3. The van der Waals surface area contributed by atoms with Crippen molar-refractivity contribution in [1.29, 1.82) is 0 Å². The third-order valence-electron chi connectivity index (χ3n) is 3.16. The molecule has 0 aliphatic carbocycles. The Hall–Kier alpha value is -1.86. The highest BCUT2D eigenvalue weighted by Crippen LogP contribution is 2.21. The van der Waals surface area contributed by atoms with Crippen molar-refractivity contribution in [3.63, 3.8) is 0 Å². The molecule has 3 rings (SSSR count). The van der Waals surface area contributed by atoms with Gasteiger partial charge in [0.1, 0.15) is 4.88 Å². The minimum Gasteiger partial charge on any atom is -0.350 e. The Morgan fingerprint density at radius 2 is 2.25 bits per heavy atom. The molecule has 0 radical (unpaired) electrons. The van der Waals surface area contributed by atoms with Gasteiger partial charge in [0.05, 0.1) is 6.20 Å². The average Bonchev–Trinajstić information content (AvgIpc) is 3.17. The fraction of sp³-hybridized carbons (Fsp3) is 0.385. The number of carbonyl (C=O) groups is 1. The third-order valence-corrected chi connectivity index (χ3v) is 4.15. The lowest BCUT2D eigenvalue weighted by molar-refractivity contribution is 0.0954. The molecular weight excluding hydrogens is 274 g/mol. The summed E-state index contributed by atoms with van der Waals surface area (Å²) in [6, 6.07) is 2.14. The van der Waals surface area contributed by atoms with Crippen LogP contribution in [0.25, 0.3) is 10.8 Å². The van der Waals surface area contributed by atoms with Gasteiger partial charge in [-0.1, -0.05) is 0 Å². The highest BCUT2D eigenvalue weighted by atomic mass is 32.1. The van der Waals surface area contributed by atoms with Crippen molar-refractivity contribution in [2.75, 3.05) is 13.1 Å². The SMILES string of the molecule is O=C(NCC1CCCN1)c1cnc(-c2ncccn2)s1. The van der Waals surface area contributed by atoms with Crippen molar-refractivity contribution in [1.82, 2.24) is 25.6 Å². The molecule has 1 amide bonds. The zero-order chi connectivity index (χ0) is 13.8. The van der Waals surface area contributed by atoms with Gasteiger partial charge >= 0.3 is 0 Å². The van der Waals surface area contributed by atoms with E-state index in [0.29, 0.717) is 28.3 Å². The Labute approximate surface area is 120 Å². The maximum absolute atomic E-state index is 12.0. The minimum atomic E-state index is -0.0848. The molecule has 0 spiro atoms. The van der Waals surface area contributed by atoms with Gasteiger partial charge in [-0.15, -0.1) is 11.3 Å². The molecule has 1 saturated heterocycles. The van der Waals surface area contributed by atoms with Gasteiger partial charge in [0.15, 0.2) is 10.8 Å². The van der Waals surface area contributed by atoms with Gasteiger partial charge in [0.2, 0.25) is 0 Å². The van der Waals surface area contributed by atoms with Crippen LogP contribution in [0.2, 0.25) is 0 Å². The Bertz CT molecular complexity index is 579. The number of carbonyl (C=O) groups excluding carboxylic acids is 1. The summed E-state index contributed by atoms with van der Waals surface area (Å²) >= 11 is 1.31. The van der Waals surface area contributed by atoms with Crippen LogP contribution in [0.5, 0.6) is 0 Å². The maximum Gasteiger partial charge on any atom is 0.263 e. The first-order valence-corrected chi connectivity index (χ1v) is 7.39. The number of aromatic nitrogens is 3. The van der Waals surface area contributed by atoms with Crippen LogP contribution in [0.1, 0.15) is 22.5 Å². The topological polar surface area (TPSA) is 79.8 Å². The summed E-state index contributed by atoms with van der Waals surface area (Å²) in [5.41, 5.74) is 0. The number of hydrogen-bond acceptors (Lipinski definition) is 6. The maximum atomic E-state index is 12.0. The Morgan fingerprint density at radius 1 is 1.40 bits per heavy atom. The normalized spacial score (nSPS) is 18.1. The zero-order valence-electron chi connectivity index (χ0n) is 10.9. The molecule has 2 aromatic heterocycles. The predicted octanol–water partition coefficient (Wildman–Crippen LogP) is 1.08. The van der Waals surface area contributed by atoms with Crippen molar-refractivity contribution >= 4 is 17.2 Å². The molecule has 0 saturated carbocycles. The molecule has 0 aromatic carbocycles. The van der Waals surface area contributed by atoms with Crippen LogP contribution >= 0.6 is 11.3 Å². The number of hydrogen-bond donors (Lipinski definition) is 2. The van der Waals surface area contributed by atoms with Gasteiger partial charge in [-0.3, -0.25) is 4.79 Å². The summed E-state index contributed by atoms with van der Waals surface area (Å²) in [4.78, 5) is 25.1. The second-order valence-electron chi connectivity index (χ2n) is 4.61. The first kappa shape index (κ1) is 13.1. The largest absolute Gasteiger partial charge is 0.350 e. The number of thiazole rings is 1. The van der Waals surface area contributed by atoms with Crippen molar-refractivity contribution < 1.29 is 4.79 Å². The van der Waals surface area contributed by atoms with E-state index in [0.717, 1.165) is 13.0 Å². The van der Waals surface area contributed by atoms with Crippen LogP contribution in [0, 0.1) is 0 Å². The smallest absolute Gasteiger partial charge is 0.263 e. The fourth-order valence-electron chi connectivity index (χ4n) is 2.13. The van der Waals surface area contributed by atoms with Gasteiger partial charge in [0.25, 0.3) is 5.91 Å². The van der Waals surface area contributed by atoms with E-state index in [9.17, 15) is 4.79 Å². The monoisotopic (exact) mass is 289 g/mol. The quantitative estimate of drug-likeness (QED) is 0.880. The summed E-state index contributed by atoms with van der Waals surface area (Å²) in [5, 5.41) is 6.94. The fourth-order valence-corrected chi connectivity index (χ4v) is 2.91. The van der Waals surface area contributed by atoms with Gasteiger partial charge in [-0.05, 0) is 25.5 Å². The molecule has 1 aliphatic heterocycles. The van der Waals surface area contributed by atoms with E-state index in [1.54, 1.807) is 24.7 Å². The number of rotatable bonds is 4. The molecular formula is C13H15N5OS. The van der Waals surface area contributed by atoms with Crippen molar-refractivity contribution in [2.24, 2.45) is 0 Å². The molecule has 6 nitrogen and oxygen atoms in total. The lowest BCUT2D eigenvalue weighted by Gasteiger charge is -2.10. The van der Waals surface area contributed by atoms with Crippen molar-refractivity contribution in [2.45, 2.75) is 18.9 Å². The molecule has 2 aromatic rings. The molecule has 7 heteroatoms. The number of amides is 1. The third kappa shape index (κ3) is 3.00. The molecule has 104 valence electrons. The summed E-state index contributed by atoms with van der Waals surface area (Å²) in [6.07, 6.45) is 7.20. The molecule has 1 aliphatic rings. The van der Waals surface area contributed by atoms with E-state index in [4.69, 9.17) is 0 Å². The first-order chi connectivity index (χ1) is 9.83. The standard InChI is InChI=1S/C13H15N5OS/c19-12(17-7-9-3-1-4-14-9)10-8-18-13(20-10)11-15-5-2-6-16-11/h2,5-6,8-9,14H,1,3-4,7H2,(H,17,19). The van der Waals surface area contributed by atoms with Gasteiger partial charge < -0.3 is 10.6 Å². The van der Waals surface area contributed by atoms with Crippen molar-refractivity contribution in [3.05, 3.63) is 29.5 Å². The zero-order valence-corrected chi connectivity index (χ0v) is 11.7. The highest BCUT2D eigenvalue weighted by Gasteiger charge is 2.17. The van der Waals surface area contributed by atoms with Crippen LogP contribution in [0.15, 0.2) is 24.7 Å². The summed E-state index contributed by atoms with van der Waals surface area (Å²) in [7, 11) is 0. The summed E-state index contributed by atoms with van der Waals surface area (Å²) in [6.45, 7) is 1.70. The van der Waals surface area contributed by atoms with E-state index in [2.05, 4.69) is 25.6 Å². The summed E-state index contributed by atoms with van der Waals surface area (Å²) < 4.78 is 0. The van der Waals surface area contributed by atoms with Gasteiger partial charge in [-0.25, -0.2) is 15.0 Å². The van der Waals surface area contributed by atoms with E-state index in [1.165, 1.54) is 17.8 Å². The molecule has 2 N–H and O–H groups in total. The number of nitrogens with one attached hydrogen (secondary N) is 2. The lowest BCUT2D eigenvalue weighted by atomic mass is 10.2. The van der Waals surface area contributed by atoms with Gasteiger partial charge in [-0.2, -0.15) is 0 Å². The molecule has 0 bridgehead atoms. The Kier molecular flexibility index (Phi) is 3.98. The molecule has 1 atom stereocenters. The van der Waals surface area contributed by atoms with E-state index < -0.39 is 0 Å². The Morgan fingerprint density at radius 3 is 3.00 bits per heavy atom. The second-order valence-corrected chi connectivity index (χ2v) is 5.64. The van der Waals surface area contributed by atoms with Crippen LogP contribution in [0.4, 0.5) is 0 Å².